The number of H-pyrrole nitrogens is 1. The molecule has 94 valence electrons. The van der Waals surface area contributed by atoms with Gasteiger partial charge in [-0.15, -0.1) is 0 Å². The van der Waals surface area contributed by atoms with Crippen LogP contribution in [0.5, 0.6) is 5.75 Å². The first kappa shape index (κ1) is 12.4. The van der Waals surface area contributed by atoms with Crippen LogP contribution in [0.25, 0.3) is 5.69 Å². The average molecular weight is 267 g/mol. The van der Waals surface area contributed by atoms with E-state index in [0.29, 0.717) is 18.0 Å². The number of ether oxygens (including phenoxy) is 1. The Morgan fingerprint density at radius 1 is 1.33 bits per heavy atom. The normalized spacial score (nSPS) is 10.3. The highest BCUT2D eigenvalue weighted by Crippen LogP contribution is 2.19. The molecule has 18 heavy (non-hydrogen) atoms. The summed E-state index contributed by atoms with van der Waals surface area (Å²) in [6, 6.07) is 7.96. The molecule has 6 heteroatoms. The molecule has 2 aromatic rings. The second-order valence-corrected chi connectivity index (χ2v) is 3.90. The molecule has 0 radical (unpaired) electrons. The number of halogens is 1. The summed E-state index contributed by atoms with van der Waals surface area (Å²) < 4.78 is 6.37. The topological polar surface area (TPSA) is 64.1 Å². The zero-order chi connectivity index (χ0) is 13.1. The number of benzene rings is 1. The number of hydrogen-bond donors (Lipinski definition) is 1. The van der Waals surface area contributed by atoms with Crippen LogP contribution in [0.2, 0.25) is 5.15 Å². The van der Waals surface area contributed by atoms with Crippen LogP contribution in [0, 0.1) is 0 Å². The van der Waals surface area contributed by atoms with E-state index in [0.717, 1.165) is 10.6 Å². The molecule has 5 nitrogen and oxygen atoms in total. The van der Waals surface area contributed by atoms with Crippen LogP contribution in [0.15, 0.2) is 39.9 Å². The summed E-state index contributed by atoms with van der Waals surface area (Å²) in [5, 5.41) is 0.00939. The van der Waals surface area contributed by atoms with E-state index in [2.05, 4.69) is 4.98 Å². The molecule has 0 saturated heterocycles. The van der Waals surface area contributed by atoms with Crippen molar-refractivity contribution < 1.29 is 4.74 Å². The maximum Gasteiger partial charge on any atom is 0.334 e. The van der Waals surface area contributed by atoms with E-state index in [1.165, 1.54) is 0 Å². The summed E-state index contributed by atoms with van der Waals surface area (Å²) >= 11 is 5.61. The minimum atomic E-state index is -0.598. The van der Waals surface area contributed by atoms with Crippen LogP contribution in [-0.2, 0) is 0 Å². The van der Waals surface area contributed by atoms with Crippen molar-refractivity contribution in [2.75, 3.05) is 6.61 Å². The first-order valence-electron chi connectivity index (χ1n) is 5.37. The average Bonchev–Trinajstić information content (AvgIpc) is 2.30. The molecule has 1 heterocycles. The molecular weight excluding hydrogens is 256 g/mol. The summed E-state index contributed by atoms with van der Waals surface area (Å²) in [6.07, 6.45) is 0. The lowest BCUT2D eigenvalue weighted by Gasteiger charge is -2.10. The summed E-state index contributed by atoms with van der Waals surface area (Å²) in [7, 11) is 0. The number of para-hydroxylation sites is 2. The quantitative estimate of drug-likeness (QED) is 0.858. The Bertz CT molecular complexity index is 644. The summed E-state index contributed by atoms with van der Waals surface area (Å²) in [5.74, 6) is 0.468. The molecule has 0 unspecified atom stereocenters. The Morgan fingerprint density at radius 2 is 2.06 bits per heavy atom. The lowest BCUT2D eigenvalue weighted by atomic mass is 10.3. The third-order valence-corrected chi connectivity index (χ3v) is 2.51. The lowest BCUT2D eigenvalue weighted by molar-refractivity contribution is 0.338. The Kier molecular flexibility index (Phi) is 3.53. The van der Waals surface area contributed by atoms with Crippen molar-refractivity contribution in [2.45, 2.75) is 6.92 Å². The number of aromatic amines is 1. The van der Waals surface area contributed by atoms with Gasteiger partial charge in [0, 0.05) is 6.07 Å². The molecule has 1 aromatic heterocycles. The molecule has 0 bridgehead atoms. The predicted octanol–water partition coefficient (Wildman–Crippen LogP) is 1.58. The van der Waals surface area contributed by atoms with Crippen molar-refractivity contribution in [3.8, 4) is 11.4 Å². The number of nitrogens with one attached hydrogen (secondary N) is 1. The van der Waals surface area contributed by atoms with Gasteiger partial charge in [-0.25, -0.2) is 9.36 Å². The molecule has 0 aliphatic carbocycles. The first-order valence-corrected chi connectivity index (χ1v) is 5.75. The van der Waals surface area contributed by atoms with Gasteiger partial charge < -0.3 is 4.74 Å². The van der Waals surface area contributed by atoms with Crippen LogP contribution >= 0.6 is 11.6 Å². The zero-order valence-corrected chi connectivity index (χ0v) is 10.4. The molecule has 0 saturated carbocycles. The number of aromatic nitrogens is 2. The lowest BCUT2D eigenvalue weighted by Crippen LogP contribution is -2.33. The maximum atomic E-state index is 11.8. The van der Waals surface area contributed by atoms with E-state index in [9.17, 15) is 9.59 Å². The van der Waals surface area contributed by atoms with E-state index in [1.807, 2.05) is 6.92 Å². The Balaban J connectivity index is 2.70. The molecule has 0 amide bonds. The van der Waals surface area contributed by atoms with Crippen LogP contribution < -0.4 is 16.0 Å². The summed E-state index contributed by atoms with van der Waals surface area (Å²) in [6.45, 7) is 2.27. The van der Waals surface area contributed by atoms with Crippen LogP contribution in [-0.4, -0.2) is 16.2 Å². The summed E-state index contributed by atoms with van der Waals surface area (Å²) in [5.41, 5.74) is -0.710. The highest BCUT2D eigenvalue weighted by atomic mass is 35.5. The molecule has 1 N–H and O–H groups in total. The number of hydrogen-bond acceptors (Lipinski definition) is 3. The molecule has 1 aromatic carbocycles. The van der Waals surface area contributed by atoms with Gasteiger partial charge in [-0.05, 0) is 19.1 Å². The van der Waals surface area contributed by atoms with E-state index in [1.54, 1.807) is 24.3 Å². The van der Waals surface area contributed by atoms with E-state index >= 15 is 0 Å². The Labute approximate surface area is 108 Å². The van der Waals surface area contributed by atoms with Crippen molar-refractivity contribution in [3.05, 3.63) is 56.3 Å². The van der Waals surface area contributed by atoms with E-state index in [-0.39, 0.29) is 5.15 Å². The fraction of sp³-hybridized carbons (Fsp3) is 0.167. The number of rotatable bonds is 3. The highest BCUT2D eigenvalue weighted by Gasteiger charge is 2.10. The zero-order valence-electron chi connectivity index (χ0n) is 9.64. The van der Waals surface area contributed by atoms with Gasteiger partial charge in [-0.3, -0.25) is 9.78 Å². The Morgan fingerprint density at radius 3 is 2.72 bits per heavy atom. The molecule has 0 aliphatic heterocycles. The van der Waals surface area contributed by atoms with E-state index in [4.69, 9.17) is 16.3 Å². The molecule has 0 atom stereocenters. The number of nitrogens with zero attached hydrogens (tertiary/aromatic N) is 1. The maximum absolute atomic E-state index is 11.8. The van der Waals surface area contributed by atoms with Crippen molar-refractivity contribution >= 4 is 11.6 Å². The van der Waals surface area contributed by atoms with Crippen LogP contribution in [0.4, 0.5) is 0 Å². The van der Waals surface area contributed by atoms with Crippen LogP contribution in [0.3, 0.4) is 0 Å². The molecule has 0 fully saturated rings. The Hall–Kier alpha value is -2.01. The SMILES string of the molecule is CCOc1ccccc1-n1c(=O)cc(Cl)[nH]c1=O. The fourth-order valence-electron chi connectivity index (χ4n) is 1.61. The van der Waals surface area contributed by atoms with Gasteiger partial charge >= 0.3 is 5.69 Å². The summed E-state index contributed by atoms with van der Waals surface area (Å²) in [4.78, 5) is 26.0. The highest BCUT2D eigenvalue weighted by molar-refractivity contribution is 6.29. The van der Waals surface area contributed by atoms with Crippen LogP contribution in [0.1, 0.15) is 6.92 Å². The van der Waals surface area contributed by atoms with Crippen molar-refractivity contribution in [3.63, 3.8) is 0 Å². The molecular formula is C12H11ClN2O3. The standard InChI is InChI=1S/C12H11ClN2O3/c1-2-18-9-6-4-3-5-8(9)15-11(16)7-10(13)14-12(15)17/h3-7H,2H2,1H3,(H,14,17). The van der Waals surface area contributed by atoms with Crippen molar-refractivity contribution in [1.29, 1.82) is 0 Å². The smallest absolute Gasteiger partial charge is 0.334 e. The van der Waals surface area contributed by atoms with Crippen molar-refractivity contribution in [1.82, 2.24) is 9.55 Å². The van der Waals surface area contributed by atoms with Gasteiger partial charge in [0.25, 0.3) is 5.56 Å². The largest absolute Gasteiger partial charge is 0.492 e. The second-order valence-electron chi connectivity index (χ2n) is 3.50. The first-order chi connectivity index (χ1) is 8.63. The third-order valence-electron chi connectivity index (χ3n) is 2.31. The third kappa shape index (κ3) is 2.31. The molecule has 0 spiro atoms. The van der Waals surface area contributed by atoms with Gasteiger partial charge in [-0.1, -0.05) is 23.7 Å². The van der Waals surface area contributed by atoms with Gasteiger partial charge in [0.1, 0.15) is 10.9 Å². The fourth-order valence-corrected chi connectivity index (χ4v) is 1.79. The van der Waals surface area contributed by atoms with Gasteiger partial charge in [-0.2, -0.15) is 0 Å². The van der Waals surface area contributed by atoms with Gasteiger partial charge in [0.2, 0.25) is 0 Å². The molecule has 2 rings (SSSR count). The second kappa shape index (κ2) is 5.10. The van der Waals surface area contributed by atoms with Gasteiger partial charge in [0.15, 0.2) is 0 Å². The van der Waals surface area contributed by atoms with E-state index < -0.39 is 11.2 Å². The predicted molar refractivity (Wildman–Crippen MR) is 68.8 cm³/mol. The minimum absolute atomic E-state index is 0.00939. The van der Waals surface area contributed by atoms with Gasteiger partial charge in [0.05, 0.1) is 12.3 Å². The molecule has 0 aliphatic rings. The monoisotopic (exact) mass is 266 g/mol. The minimum Gasteiger partial charge on any atom is -0.492 e. The van der Waals surface area contributed by atoms with Crippen molar-refractivity contribution in [2.24, 2.45) is 0 Å².